The van der Waals surface area contributed by atoms with E-state index in [9.17, 15) is 4.79 Å². The fraction of sp³-hybridized carbons (Fsp3) is 0.711. The molecular formula is C38H54O2. The molecule has 3 unspecified atom stereocenters. The summed E-state index contributed by atoms with van der Waals surface area (Å²) in [7, 11) is 0. The van der Waals surface area contributed by atoms with Crippen molar-refractivity contribution in [2.45, 2.75) is 112 Å². The first-order valence-corrected chi connectivity index (χ1v) is 16.5. The van der Waals surface area contributed by atoms with Crippen molar-refractivity contribution in [3.05, 3.63) is 53.6 Å². The normalized spacial score (nSPS) is 40.1. The van der Waals surface area contributed by atoms with Crippen LogP contribution in [0.15, 0.2) is 42.5 Å². The van der Waals surface area contributed by atoms with Crippen LogP contribution >= 0.6 is 0 Å². The van der Waals surface area contributed by atoms with Gasteiger partial charge in [-0.15, -0.1) is 0 Å². The molecule has 4 fully saturated rings. The summed E-state index contributed by atoms with van der Waals surface area (Å²) in [5.74, 6) is 6.68. The Hall–Kier alpha value is -1.83. The van der Waals surface area contributed by atoms with Crippen molar-refractivity contribution < 1.29 is 9.53 Å². The van der Waals surface area contributed by atoms with Crippen LogP contribution in [0.4, 0.5) is 0 Å². The lowest BCUT2D eigenvalue weighted by Crippen LogP contribution is -2.56. The third-order valence-corrected chi connectivity index (χ3v) is 12.9. The highest BCUT2D eigenvalue weighted by Gasteiger charge is 2.60. The van der Waals surface area contributed by atoms with Crippen molar-refractivity contribution >= 4 is 11.5 Å². The number of esters is 1. The average molecular weight is 543 g/mol. The van der Waals surface area contributed by atoms with Crippen LogP contribution in [0.3, 0.4) is 0 Å². The summed E-state index contributed by atoms with van der Waals surface area (Å²) in [6.45, 7) is 20.3. The molecule has 1 aromatic carbocycles. The molecule has 0 heterocycles. The number of carbonyl (C=O) groups excluding carboxylic acids is 1. The second-order valence-corrected chi connectivity index (χ2v) is 16.4. The van der Waals surface area contributed by atoms with Gasteiger partial charge < -0.3 is 4.74 Å². The van der Waals surface area contributed by atoms with Crippen LogP contribution in [0.25, 0.3) is 5.57 Å². The van der Waals surface area contributed by atoms with Gasteiger partial charge in [-0.05, 0) is 167 Å². The van der Waals surface area contributed by atoms with Gasteiger partial charge in [0.05, 0.1) is 5.56 Å². The molecule has 4 saturated carbocycles. The van der Waals surface area contributed by atoms with Gasteiger partial charge in [-0.25, -0.2) is 4.79 Å². The summed E-state index contributed by atoms with van der Waals surface area (Å²) in [4.78, 5) is 12.6. The first kappa shape index (κ1) is 28.3. The molecule has 0 radical (unpaired) electrons. The molecule has 0 aliphatic heterocycles. The second kappa shape index (κ2) is 9.88. The molecule has 6 rings (SSSR count). The molecule has 2 nitrogen and oxygen atoms in total. The lowest BCUT2D eigenvalue weighted by atomic mass is 9.41. The number of fused-ring (bicyclic) bond motifs is 7. The smallest absolute Gasteiger partial charge is 0.338 e. The van der Waals surface area contributed by atoms with Crippen LogP contribution in [-0.2, 0) is 4.74 Å². The van der Waals surface area contributed by atoms with Crippen LogP contribution in [-0.4, -0.2) is 11.6 Å². The summed E-state index contributed by atoms with van der Waals surface area (Å²) in [5.41, 5.74) is 5.07. The molecular weight excluding hydrogens is 488 g/mol. The maximum absolute atomic E-state index is 12.6. The topological polar surface area (TPSA) is 26.3 Å². The quantitative estimate of drug-likeness (QED) is 0.280. The zero-order chi connectivity index (χ0) is 28.6. The highest BCUT2D eigenvalue weighted by Crippen LogP contribution is 2.69. The number of hydrogen-bond donors (Lipinski definition) is 0. The lowest BCUT2D eigenvalue weighted by molar-refractivity contribution is -0.131. The van der Waals surface area contributed by atoms with E-state index in [1.165, 1.54) is 74.5 Å². The minimum Gasteiger partial charge on any atom is -0.456 e. The molecule has 0 bridgehead atoms. The van der Waals surface area contributed by atoms with Gasteiger partial charge in [-0.3, -0.25) is 0 Å². The Balaban J connectivity index is 1.23. The van der Waals surface area contributed by atoms with Crippen LogP contribution < -0.4 is 0 Å². The van der Waals surface area contributed by atoms with Crippen molar-refractivity contribution in [1.82, 2.24) is 0 Å². The molecule has 0 saturated heterocycles. The minimum absolute atomic E-state index is 0.146. The Labute approximate surface area is 244 Å². The molecule has 5 aliphatic carbocycles. The predicted molar refractivity (Wildman–Crippen MR) is 166 cm³/mol. The third-order valence-electron chi connectivity index (χ3n) is 12.9. The van der Waals surface area contributed by atoms with E-state index in [2.05, 4.69) is 52.5 Å². The first-order valence-electron chi connectivity index (χ1n) is 16.5. The van der Waals surface area contributed by atoms with Gasteiger partial charge in [-0.2, -0.15) is 0 Å². The number of carbonyl (C=O) groups is 1. The van der Waals surface area contributed by atoms with E-state index < -0.39 is 5.60 Å². The van der Waals surface area contributed by atoms with Gasteiger partial charge >= 0.3 is 5.97 Å². The number of allylic oxidation sites excluding steroid dienone is 3. The van der Waals surface area contributed by atoms with E-state index in [4.69, 9.17) is 4.74 Å². The molecule has 40 heavy (non-hydrogen) atoms. The highest BCUT2D eigenvalue weighted by atomic mass is 16.6. The molecule has 1 aromatic rings. The zero-order valence-electron chi connectivity index (χ0n) is 26.4. The summed E-state index contributed by atoms with van der Waals surface area (Å²) in [5, 5.41) is 0. The largest absolute Gasteiger partial charge is 0.456 e. The van der Waals surface area contributed by atoms with E-state index in [0.29, 0.717) is 11.0 Å². The maximum atomic E-state index is 12.6. The highest BCUT2D eigenvalue weighted by molar-refractivity contribution is 5.90. The van der Waals surface area contributed by atoms with Crippen LogP contribution in [0.5, 0.6) is 0 Å². The number of benzene rings is 1. The van der Waals surface area contributed by atoms with Gasteiger partial charge in [0, 0.05) is 0 Å². The average Bonchev–Trinajstić information content (AvgIpc) is 3.32. The summed E-state index contributed by atoms with van der Waals surface area (Å²) in [6.07, 6.45) is 15.3. The van der Waals surface area contributed by atoms with E-state index in [1.54, 1.807) is 0 Å². The molecule has 218 valence electrons. The molecule has 2 heteroatoms. The van der Waals surface area contributed by atoms with Crippen molar-refractivity contribution in [3.63, 3.8) is 0 Å². The Bertz CT molecular complexity index is 1180. The minimum atomic E-state index is -0.476. The van der Waals surface area contributed by atoms with Gasteiger partial charge in [-0.1, -0.05) is 51.1 Å². The van der Waals surface area contributed by atoms with Crippen LogP contribution in [0, 0.1) is 58.2 Å². The molecule has 0 aromatic heterocycles. The molecule has 0 N–H and O–H groups in total. The number of ether oxygens (including phenoxy) is 1. The fourth-order valence-electron chi connectivity index (χ4n) is 11.3. The number of rotatable bonds is 3. The predicted octanol–water partition coefficient (Wildman–Crippen LogP) is 10.1. The Morgan fingerprint density at radius 2 is 1.55 bits per heavy atom. The zero-order valence-corrected chi connectivity index (χ0v) is 26.4. The standard InChI is InChI=1S/C38H54O2/c1-23(2)27-14-13-25-21-22-38(8)32-20-19-31-28(29(32)16-18-33(38)34(25)27)15-17-30(37(31,6)7)24-9-11-26(12-10-24)35(39)40-36(3,4)5/h9-12,17,25,27-29,31-34H,1,13-16,18-22H2,2-8H3/t25?,27-,28?,29+,31+,32?,33+,34+,38-/m0/s1. The van der Waals surface area contributed by atoms with E-state index >= 15 is 0 Å². The molecule has 0 spiro atoms. The van der Waals surface area contributed by atoms with Gasteiger partial charge in [0.1, 0.15) is 5.60 Å². The maximum Gasteiger partial charge on any atom is 0.338 e. The molecule has 5 aliphatic rings. The van der Waals surface area contributed by atoms with Crippen LogP contribution in [0.1, 0.15) is 122 Å². The summed E-state index contributed by atoms with van der Waals surface area (Å²) >= 11 is 0. The van der Waals surface area contributed by atoms with E-state index in [-0.39, 0.29) is 11.4 Å². The Kier molecular flexibility index (Phi) is 6.99. The monoisotopic (exact) mass is 542 g/mol. The van der Waals surface area contributed by atoms with Crippen molar-refractivity contribution in [3.8, 4) is 0 Å². The van der Waals surface area contributed by atoms with Gasteiger partial charge in [0.15, 0.2) is 0 Å². The van der Waals surface area contributed by atoms with Crippen LogP contribution in [0.2, 0.25) is 0 Å². The third kappa shape index (κ3) is 4.55. The fourth-order valence-corrected chi connectivity index (χ4v) is 11.3. The van der Waals surface area contributed by atoms with Gasteiger partial charge in [0.2, 0.25) is 0 Å². The molecule has 0 amide bonds. The lowest BCUT2D eigenvalue weighted by Gasteiger charge is -2.63. The van der Waals surface area contributed by atoms with Crippen molar-refractivity contribution in [1.29, 1.82) is 0 Å². The Morgan fingerprint density at radius 3 is 2.23 bits per heavy atom. The summed E-state index contributed by atoms with van der Waals surface area (Å²) < 4.78 is 5.60. The summed E-state index contributed by atoms with van der Waals surface area (Å²) in [6, 6.07) is 8.23. The van der Waals surface area contributed by atoms with Crippen molar-refractivity contribution in [2.24, 2.45) is 58.2 Å². The van der Waals surface area contributed by atoms with Crippen molar-refractivity contribution in [2.75, 3.05) is 0 Å². The SMILES string of the molecule is C=C(C)[C@@H]1CCC2CC[C@@]3(C)C4CC[C@@H]5C(CC=C(c6ccc(C(=O)OC(C)(C)C)cc6)C5(C)C)[C@H]4CC[C@@H]3[C@H]21. The number of hydrogen-bond acceptors (Lipinski definition) is 2. The van der Waals surface area contributed by atoms with E-state index in [1.807, 2.05) is 32.9 Å². The van der Waals surface area contributed by atoms with Gasteiger partial charge in [0.25, 0.3) is 0 Å². The second-order valence-electron chi connectivity index (χ2n) is 16.4. The molecule has 9 atom stereocenters. The Morgan fingerprint density at radius 1 is 0.875 bits per heavy atom. The van der Waals surface area contributed by atoms with E-state index in [0.717, 1.165) is 47.3 Å². The first-order chi connectivity index (χ1) is 18.8.